The summed E-state index contributed by atoms with van der Waals surface area (Å²) in [5.74, 6) is 0. The van der Waals surface area contributed by atoms with E-state index in [4.69, 9.17) is 4.42 Å². The Bertz CT molecular complexity index is 2410. The van der Waals surface area contributed by atoms with Crippen molar-refractivity contribution in [2.24, 2.45) is 0 Å². The molecule has 214 valence electrons. The molecule has 0 aliphatic heterocycles. The van der Waals surface area contributed by atoms with Gasteiger partial charge in [0.2, 0.25) is 0 Å². The van der Waals surface area contributed by atoms with Gasteiger partial charge in [-0.15, -0.1) is 0 Å². The molecule has 9 rings (SSSR count). The van der Waals surface area contributed by atoms with Gasteiger partial charge >= 0.3 is 0 Å². The topological polar surface area (TPSA) is 25.2 Å². The van der Waals surface area contributed by atoms with Gasteiger partial charge < -0.3 is 9.73 Å². The van der Waals surface area contributed by atoms with Crippen LogP contribution in [-0.2, 0) is 5.41 Å². The summed E-state index contributed by atoms with van der Waals surface area (Å²) in [5, 5.41) is 8.38. The lowest BCUT2D eigenvalue weighted by atomic mass is 9.81. The van der Waals surface area contributed by atoms with E-state index < -0.39 is 0 Å². The highest BCUT2D eigenvalue weighted by atomic mass is 16.3. The van der Waals surface area contributed by atoms with E-state index >= 15 is 0 Å². The van der Waals surface area contributed by atoms with Gasteiger partial charge in [0.05, 0.1) is 11.1 Å². The van der Waals surface area contributed by atoms with E-state index in [0.29, 0.717) is 0 Å². The highest BCUT2D eigenvalue weighted by molar-refractivity contribution is 6.21. The van der Waals surface area contributed by atoms with Gasteiger partial charge in [0.15, 0.2) is 0 Å². The molecule has 0 bridgehead atoms. The minimum atomic E-state index is -0.0752. The first kappa shape index (κ1) is 25.9. The zero-order valence-electron chi connectivity index (χ0n) is 25.3. The molecule has 1 aliphatic rings. The molecule has 1 aliphatic carbocycles. The summed E-state index contributed by atoms with van der Waals surface area (Å²) >= 11 is 0. The second-order valence-electron chi connectivity index (χ2n) is 12.6. The summed E-state index contributed by atoms with van der Waals surface area (Å²) < 4.78 is 6.62. The first-order valence-electron chi connectivity index (χ1n) is 15.6. The van der Waals surface area contributed by atoms with Crippen molar-refractivity contribution in [1.82, 2.24) is 0 Å². The Hall–Kier alpha value is -5.60. The quantitative estimate of drug-likeness (QED) is 0.225. The van der Waals surface area contributed by atoms with Crippen LogP contribution in [0.4, 0.5) is 11.4 Å². The average molecular weight is 578 g/mol. The Kier molecular flexibility index (Phi) is 5.58. The predicted octanol–water partition coefficient (Wildman–Crippen LogP) is 12.1. The van der Waals surface area contributed by atoms with Crippen molar-refractivity contribution in [3.05, 3.63) is 157 Å². The van der Waals surface area contributed by atoms with Gasteiger partial charge in [-0.2, -0.15) is 0 Å². The zero-order chi connectivity index (χ0) is 30.1. The SMILES string of the molecule is CC1(C)c2ccccc2-c2ccc(-c3ccc4oc5c6ccccc6ccc5c4c3Nc3ccc(-c4ccccc4)cc3)cc21. The Balaban J connectivity index is 1.25. The fraction of sp³-hybridized carbons (Fsp3) is 0.0698. The van der Waals surface area contributed by atoms with Crippen LogP contribution in [0.1, 0.15) is 25.0 Å². The number of furan rings is 1. The molecule has 0 saturated carbocycles. The van der Waals surface area contributed by atoms with Crippen LogP contribution in [0, 0.1) is 0 Å². The van der Waals surface area contributed by atoms with Crippen molar-refractivity contribution >= 4 is 44.1 Å². The van der Waals surface area contributed by atoms with Crippen molar-refractivity contribution in [3.8, 4) is 33.4 Å². The maximum absolute atomic E-state index is 6.62. The molecule has 2 nitrogen and oxygen atoms in total. The lowest BCUT2D eigenvalue weighted by Crippen LogP contribution is -2.14. The van der Waals surface area contributed by atoms with Crippen LogP contribution in [0.2, 0.25) is 0 Å². The molecule has 8 aromatic rings. The van der Waals surface area contributed by atoms with Gasteiger partial charge in [-0.3, -0.25) is 0 Å². The van der Waals surface area contributed by atoms with Crippen molar-refractivity contribution in [3.63, 3.8) is 0 Å². The Labute approximate surface area is 262 Å². The van der Waals surface area contributed by atoms with E-state index in [9.17, 15) is 0 Å². The molecular formula is C43H31NO. The van der Waals surface area contributed by atoms with Gasteiger partial charge in [-0.1, -0.05) is 123 Å². The summed E-state index contributed by atoms with van der Waals surface area (Å²) in [7, 11) is 0. The molecule has 1 heterocycles. The highest BCUT2D eigenvalue weighted by Gasteiger charge is 2.35. The van der Waals surface area contributed by atoms with Crippen LogP contribution in [0.3, 0.4) is 0 Å². The summed E-state index contributed by atoms with van der Waals surface area (Å²) in [6, 6.07) is 52.3. The van der Waals surface area contributed by atoms with E-state index in [1.165, 1.54) is 44.3 Å². The summed E-state index contributed by atoms with van der Waals surface area (Å²) in [4.78, 5) is 0. The number of rotatable bonds is 4. The van der Waals surface area contributed by atoms with E-state index in [-0.39, 0.29) is 5.41 Å². The lowest BCUT2D eigenvalue weighted by molar-refractivity contribution is 0.660. The summed E-state index contributed by atoms with van der Waals surface area (Å²) in [5.41, 5.74) is 14.0. The fourth-order valence-corrected chi connectivity index (χ4v) is 7.36. The molecular weight excluding hydrogens is 546 g/mol. The van der Waals surface area contributed by atoms with Crippen LogP contribution in [0.5, 0.6) is 0 Å². The molecule has 1 aromatic heterocycles. The first-order chi connectivity index (χ1) is 22.1. The van der Waals surface area contributed by atoms with Gasteiger partial charge in [-0.05, 0) is 80.7 Å². The molecule has 0 radical (unpaired) electrons. The largest absolute Gasteiger partial charge is 0.455 e. The van der Waals surface area contributed by atoms with Gasteiger partial charge in [0, 0.05) is 27.4 Å². The van der Waals surface area contributed by atoms with E-state index in [1.807, 2.05) is 0 Å². The number of hydrogen-bond donors (Lipinski definition) is 1. The number of fused-ring (bicyclic) bond motifs is 8. The van der Waals surface area contributed by atoms with Crippen LogP contribution in [0.15, 0.2) is 150 Å². The van der Waals surface area contributed by atoms with Crippen LogP contribution in [0.25, 0.3) is 66.1 Å². The fourth-order valence-electron chi connectivity index (χ4n) is 7.36. The highest BCUT2D eigenvalue weighted by Crippen LogP contribution is 2.51. The number of hydrogen-bond acceptors (Lipinski definition) is 2. The van der Waals surface area contributed by atoms with Crippen LogP contribution >= 0.6 is 0 Å². The molecule has 7 aromatic carbocycles. The number of benzene rings is 7. The summed E-state index contributed by atoms with van der Waals surface area (Å²) in [6.07, 6.45) is 0. The maximum Gasteiger partial charge on any atom is 0.143 e. The van der Waals surface area contributed by atoms with Crippen LogP contribution in [-0.4, -0.2) is 0 Å². The minimum Gasteiger partial charge on any atom is -0.455 e. The first-order valence-corrected chi connectivity index (χ1v) is 15.6. The van der Waals surface area contributed by atoms with Crippen molar-refractivity contribution in [2.45, 2.75) is 19.3 Å². The Morgan fingerprint density at radius 1 is 0.511 bits per heavy atom. The Morgan fingerprint density at radius 3 is 2.07 bits per heavy atom. The second-order valence-corrected chi connectivity index (χ2v) is 12.6. The lowest BCUT2D eigenvalue weighted by Gasteiger charge is -2.22. The molecule has 0 spiro atoms. The normalized spacial score (nSPS) is 13.3. The molecule has 0 unspecified atom stereocenters. The zero-order valence-corrected chi connectivity index (χ0v) is 25.3. The third-order valence-corrected chi connectivity index (χ3v) is 9.68. The third kappa shape index (κ3) is 3.96. The van der Waals surface area contributed by atoms with E-state index in [1.54, 1.807) is 0 Å². The second kappa shape index (κ2) is 9.70. The molecule has 0 fully saturated rings. The monoisotopic (exact) mass is 577 g/mol. The smallest absolute Gasteiger partial charge is 0.143 e. The van der Waals surface area contributed by atoms with Crippen molar-refractivity contribution in [2.75, 3.05) is 5.32 Å². The molecule has 0 amide bonds. The third-order valence-electron chi connectivity index (χ3n) is 9.68. The standard InChI is InChI=1S/C43H31NO/c1-43(2)37-15-9-8-14-34(37)35-22-19-30(26-38(35)43)32-24-25-39-40(36-23-18-29-12-6-7-13-33(29)42(36)45-39)41(32)44-31-20-16-28(17-21-31)27-10-4-3-5-11-27/h3-26,44H,1-2H3. The average Bonchev–Trinajstić information content (AvgIpc) is 3.58. The molecule has 45 heavy (non-hydrogen) atoms. The molecule has 1 N–H and O–H groups in total. The van der Waals surface area contributed by atoms with E-state index in [0.717, 1.165) is 44.3 Å². The maximum atomic E-state index is 6.62. The van der Waals surface area contributed by atoms with Crippen molar-refractivity contribution < 1.29 is 4.42 Å². The van der Waals surface area contributed by atoms with Crippen molar-refractivity contribution in [1.29, 1.82) is 0 Å². The van der Waals surface area contributed by atoms with Gasteiger partial charge in [-0.25, -0.2) is 0 Å². The number of nitrogens with one attached hydrogen (secondary N) is 1. The molecule has 0 atom stereocenters. The minimum absolute atomic E-state index is 0.0752. The van der Waals surface area contributed by atoms with E-state index in [2.05, 4.69) is 165 Å². The summed E-state index contributed by atoms with van der Waals surface area (Å²) in [6.45, 7) is 4.68. The molecule has 0 saturated heterocycles. The van der Waals surface area contributed by atoms with Gasteiger partial charge in [0.25, 0.3) is 0 Å². The number of anilines is 2. The van der Waals surface area contributed by atoms with Gasteiger partial charge in [0.1, 0.15) is 11.2 Å². The Morgan fingerprint density at radius 2 is 1.20 bits per heavy atom. The molecule has 2 heteroatoms. The van der Waals surface area contributed by atoms with Crippen LogP contribution < -0.4 is 5.32 Å². The predicted molar refractivity (Wildman–Crippen MR) is 189 cm³/mol.